The van der Waals surface area contributed by atoms with Gasteiger partial charge in [-0.2, -0.15) is 10.5 Å². The highest BCUT2D eigenvalue weighted by molar-refractivity contribution is 6.30. The third-order valence-electron chi connectivity index (χ3n) is 4.15. The number of ether oxygens (including phenoxy) is 1. The summed E-state index contributed by atoms with van der Waals surface area (Å²) in [6.45, 7) is 0.728. The summed E-state index contributed by atoms with van der Waals surface area (Å²) in [5, 5.41) is 24.8. The molecule has 1 aliphatic heterocycles. The van der Waals surface area contributed by atoms with Gasteiger partial charge in [0.25, 0.3) is 12.3 Å². The summed E-state index contributed by atoms with van der Waals surface area (Å²) < 4.78 is 34.4. The molecule has 11 heteroatoms. The fraction of sp³-hybridized carbons (Fsp3) is 0.412. The van der Waals surface area contributed by atoms with Crippen LogP contribution in [0.1, 0.15) is 22.5 Å². The Kier molecular flexibility index (Phi) is 6.24. The van der Waals surface area contributed by atoms with E-state index in [9.17, 15) is 14.0 Å². The number of hydrogen-bond acceptors (Lipinski definition) is 8. The van der Waals surface area contributed by atoms with Gasteiger partial charge in [-0.1, -0.05) is 11.6 Å². The van der Waals surface area contributed by atoms with Crippen molar-refractivity contribution in [1.82, 2.24) is 15.0 Å². The molecule has 8 nitrogen and oxygen atoms in total. The molecule has 2 aromatic heterocycles. The van der Waals surface area contributed by atoms with Gasteiger partial charge in [0, 0.05) is 24.7 Å². The second-order valence-electron chi connectivity index (χ2n) is 6.00. The molecule has 0 fully saturated rings. The molecule has 0 amide bonds. The van der Waals surface area contributed by atoms with Crippen molar-refractivity contribution in [3.05, 3.63) is 33.7 Å². The lowest BCUT2D eigenvalue weighted by Crippen LogP contribution is -2.31. The Hall–Kier alpha value is -2.95. The first-order valence-corrected chi connectivity index (χ1v) is 8.70. The van der Waals surface area contributed by atoms with Crippen LogP contribution in [0.15, 0.2) is 10.6 Å². The molecule has 0 radical (unpaired) electrons. The summed E-state index contributed by atoms with van der Waals surface area (Å²) >= 11 is 6.14. The van der Waals surface area contributed by atoms with E-state index in [1.54, 1.807) is 0 Å². The maximum Gasteiger partial charge on any atom is 0.272 e. The topological polar surface area (TPSA) is 111 Å². The minimum Gasteiger partial charge on any atom is -0.469 e. The smallest absolute Gasteiger partial charge is 0.272 e. The Labute approximate surface area is 164 Å². The number of nitriles is 2. The maximum atomic E-state index is 12.2. The molecule has 1 N–H and O–H groups in total. The van der Waals surface area contributed by atoms with E-state index >= 15 is 0 Å². The van der Waals surface area contributed by atoms with Gasteiger partial charge in [0.2, 0.25) is 0 Å². The molecule has 0 aliphatic carbocycles. The van der Waals surface area contributed by atoms with Crippen molar-refractivity contribution in [3.8, 4) is 18.0 Å². The predicted molar refractivity (Wildman–Crippen MR) is 93.9 cm³/mol. The van der Waals surface area contributed by atoms with Crippen LogP contribution in [-0.4, -0.2) is 41.2 Å². The number of halogens is 3. The highest BCUT2D eigenvalue weighted by Crippen LogP contribution is 2.32. The van der Waals surface area contributed by atoms with Crippen LogP contribution in [0.4, 0.5) is 14.6 Å². The van der Waals surface area contributed by atoms with E-state index < -0.39 is 13.0 Å². The summed E-state index contributed by atoms with van der Waals surface area (Å²) in [7, 11) is 0. The van der Waals surface area contributed by atoms with Gasteiger partial charge < -0.3 is 14.6 Å². The lowest BCUT2D eigenvalue weighted by Gasteiger charge is -2.29. The lowest BCUT2D eigenvalue weighted by molar-refractivity contribution is 0.0775. The van der Waals surface area contributed by atoms with Crippen molar-refractivity contribution < 1.29 is 18.0 Å². The summed E-state index contributed by atoms with van der Waals surface area (Å²) in [5.41, 5.74) is 1.89. The summed E-state index contributed by atoms with van der Waals surface area (Å²) in [5.74, 6) is 0.956. The Bertz CT molecular complexity index is 937. The van der Waals surface area contributed by atoms with Gasteiger partial charge in [-0.25, -0.2) is 13.8 Å². The number of rotatable bonds is 7. The normalized spacial score (nSPS) is 13.6. The van der Waals surface area contributed by atoms with Crippen LogP contribution in [0.2, 0.25) is 5.15 Å². The fourth-order valence-electron chi connectivity index (χ4n) is 2.98. The number of pyridine rings is 1. The number of nitrogens with one attached hydrogen (secondary N) is 1. The number of aromatic nitrogens is 2. The standard InChI is InChI=1S/C17H15ClF2N6O2/c18-16-12(6-22)13-8-26(4-1-11(13)17(24-16)23-3-2-21)7-10-5-15(25-28-10)27-9-14(19)20/h5,14H,1,3-4,7-9H2,(H,23,24). The molecule has 0 saturated carbocycles. The van der Waals surface area contributed by atoms with Crippen LogP contribution in [0, 0.1) is 22.7 Å². The van der Waals surface area contributed by atoms with Gasteiger partial charge in [-0.3, -0.25) is 4.90 Å². The Balaban J connectivity index is 1.76. The van der Waals surface area contributed by atoms with Crippen molar-refractivity contribution in [2.24, 2.45) is 0 Å². The van der Waals surface area contributed by atoms with Gasteiger partial charge in [0.05, 0.1) is 18.2 Å². The van der Waals surface area contributed by atoms with Crippen molar-refractivity contribution in [1.29, 1.82) is 10.5 Å². The lowest BCUT2D eigenvalue weighted by atomic mass is 9.96. The molecule has 3 rings (SSSR count). The van der Waals surface area contributed by atoms with Crippen molar-refractivity contribution in [2.45, 2.75) is 25.9 Å². The summed E-state index contributed by atoms with van der Waals surface area (Å²) in [6.07, 6.45) is -2.00. The predicted octanol–water partition coefficient (Wildman–Crippen LogP) is 2.73. The highest BCUT2D eigenvalue weighted by atomic mass is 35.5. The van der Waals surface area contributed by atoms with Crippen LogP contribution < -0.4 is 10.1 Å². The van der Waals surface area contributed by atoms with Gasteiger partial charge in [0.15, 0.2) is 12.4 Å². The molecule has 3 heterocycles. The zero-order chi connectivity index (χ0) is 20.1. The molecule has 0 unspecified atom stereocenters. The molecular formula is C17H15ClF2N6O2. The number of alkyl halides is 2. The van der Waals surface area contributed by atoms with Gasteiger partial charge in [-0.05, 0) is 17.1 Å². The molecule has 0 spiro atoms. The second kappa shape index (κ2) is 8.83. The van der Waals surface area contributed by atoms with Gasteiger partial charge >= 0.3 is 0 Å². The molecule has 0 bridgehead atoms. The molecule has 0 aromatic carbocycles. The highest BCUT2D eigenvalue weighted by Gasteiger charge is 2.26. The average molecular weight is 409 g/mol. The fourth-order valence-corrected chi connectivity index (χ4v) is 3.22. The average Bonchev–Trinajstić information content (AvgIpc) is 3.11. The minimum absolute atomic E-state index is 0.000609. The number of nitrogens with zero attached hydrogens (tertiary/aromatic N) is 5. The van der Waals surface area contributed by atoms with Crippen LogP contribution >= 0.6 is 11.6 Å². The maximum absolute atomic E-state index is 12.2. The quantitative estimate of drug-likeness (QED) is 0.550. The Morgan fingerprint density at radius 1 is 1.39 bits per heavy atom. The van der Waals surface area contributed by atoms with E-state index in [0.29, 0.717) is 43.2 Å². The van der Waals surface area contributed by atoms with Crippen LogP contribution in [-0.2, 0) is 19.5 Å². The first kappa shape index (κ1) is 19.8. The Morgan fingerprint density at radius 3 is 2.93 bits per heavy atom. The molecule has 0 saturated heterocycles. The SMILES string of the molecule is N#CCNc1nc(Cl)c(C#N)c2c1CCN(Cc1cc(OCC(F)F)no1)C2. The first-order chi connectivity index (χ1) is 13.5. The molecular weight excluding hydrogens is 394 g/mol. The van der Waals surface area contributed by atoms with Crippen LogP contribution in [0.3, 0.4) is 0 Å². The summed E-state index contributed by atoms with van der Waals surface area (Å²) in [6, 6.07) is 5.53. The molecule has 28 heavy (non-hydrogen) atoms. The van der Waals surface area contributed by atoms with E-state index in [4.69, 9.17) is 26.1 Å². The van der Waals surface area contributed by atoms with E-state index in [1.807, 2.05) is 11.0 Å². The summed E-state index contributed by atoms with van der Waals surface area (Å²) in [4.78, 5) is 6.20. The van der Waals surface area contributed by atoms with E-state index in [2.05, 4.69) is 21.5 Å². The van der Waals surface area contributed by atoms with Crippen molar-refractivity contribution in [3.63, 3.8) is 0 Å². The molecule has 2 aromatic rings. The molecule has 146 valence electrons. The largest absolute Gasteiger partial charge is 0.469 e. The number of anilines is 1. The number of fused-ring (bicyclic) bond motifs is 1. The van der Waals surface area contributed by atoms with Gasteiger partial charge in [-0.15, -0.1) is 0 Å². The third kappa shape index (κ3) is 4.47. The van der Waals surface area contributed by atoms with E-state index in [-0.39, 0.29) is 17.6 Å². The zero-order valence-electron chi connectivity index (χ0n) is 14.6. The van der Waals surface area contributed by atoms with Crippen molar-refractivity contribution in [2.75, 3.05) is 25.0 Å². The van der Waals surface area contributed by atoms with Crippen LogP contribution in [0.25, 0.3) is 0 Å². The van der Waals surface area contributed by atoms with E-state index in [0.717, 1.165) is 11.1 Å². The zero-order valence-corrected chi connectivity index (χ0v) is 15.3. The first-order valence-electron chi connectivity index (χ1n) is 8.32. The second-order valence-corrected chi connectivity index (χ2v) is 6.36. The van der Waals surface area contributed by atoms with Gasteiger partial charge in [0.1, 0.15) is 23.6 Å². The molecule has 0 atom stereocenters. The Morgan fingerprint density at radius 2 is 2.21 bits per heavy atom. The minimum atomic E-state index is -2.59. The third-order valence-corrected chi connectivity index (χ3v) is 4.42. The monoisotopic (exact) mass is 408 g/mol. The molecule has 1 aliphatic rings. The van der Waals surface area contributed by atoms with Crippen molar-refractivity contribution >= 4 is 17.4 Å². The number of hydrogen-bond donors (Lipinski definition) is 1. The van der Waals surface area contributed by atoms with Crippen LogP contribution in [0.5, 0.6) is 5.88 Å². The van der Waals surface area contributed by atoms with E-state index in [1.165, 1.54) is 6.07 Å².